The standard InChI is InChI=1S/2C19H16N2O2.C2H6/c1-11(2)19-17(22)7-13(8-18(19)23)15-6-14-5-12(9-20)3-4-16(14)21-10-15;1-11(2)19-17(22)8-14(9-18(19)23)12-3-4-16-15(7-12)13(10-20)5-6-21-16;1-2/h3-8,10-11,22-23H,1-2H3;3-9,11,22-23H,1-2H3;1-2H3. The first-order valence-corrected chi connectivity index (χ1v) is 15.7. The minimum absolute atomic E-state index is 0.0232. The van der Waals surface area contributed by atoms with E-state index in [0.29, 0.717) is 33.4 Å². The lowest BCUT2D eigenvalue weighted by Gasteiger charge is -2.13. The fourth-order valence-corrected chi connectivity index (χ4v) is 5.54. The normalized spacial score (nSPS) is 10.5. The molecule has 0 unspecified atom stereocenters. The van der Waals surface area contributed by atoms with Gasteiger partial charge in [-0.1, -0.05) is 47.6 Å². The third-order valence-corrected chi connectivity index (χ3v) is 7.77. The summed E-state index contributed by atoms with van der Waals surface area (Å²) in [6, 6.07) is 25.2. The van der Waals surface area contributed by atoms with Crippen LogP contribution in [0.1, 0.15) is 75.6 Å². The van der Waals surface area contributed by atoms with E-state index < -0.39 is 0 Å². The number of nitrogens with zero attached hydrogens (tertiary/aromatic N) is 4. The summed E-state index contributed by atoms with van der Waals surface area (Å²) in [5, 5.41) is 60.6. The number of nitriles is 2. The summed E-state index contributed by atoms with van der Waals surface area (Å²) < 4.78 is 0. The Morgan fingerprint density at radius 2 is 1.10 bits per heavy atom. The Morgan fingerprint density at radius 3 is 1.62 bits per heavy atom. The second-order valence-corrected chi connectivity index (χ2v) is 11.6. The van der Waals surface area contributed by atoms with E-state index in [4.69, 9.17) is 5.26 Å². The summed E-state index contributed by atoms with van der Waals surface area (Å²) in [5.41, 5.74) is 6.67. The van der Waals surface area contributed by atoms with E-state index >= 15 is 0 Å². The van der Waals surface area contributed by atoms with Gasteiger partial charge < -0.3 is 20.4 Å². The zero-order valence-electron chi connectivity index (χ0n) is 27.8. The van der Waals surface area contributed by atoms with Crippen LogP contribution in [-0.4, -0.2) is 30.4 Å². The molecule has 0 saturated heterocycles. The smallest absolute Gasteiger partial charge is 0.123 e. The van der Waals surface area contributed by atoms with Gasteiger partial charge in [-0.2, -0.15) is 10.5 Å². The Balaban J connectivity index is 0.000000206. The van der Waals surface area contributed by atoms with Crippen LogP contribution in [0.2, 0.25) is 0 Å². The largest absolute Gasteiger partial charge is 0.507 e. The topological polar surface area (TPSA) is 154 Å². The molecular formula is C40H38N4O4. The number of rotatable bonds is 4. The molecule has 0 aliphatic heterocycles. The summed E-state index contributed by atoms with van der Waals surface area (Å²) in [6.45, 7) is 11.6. The number of phenolic OH excluding ortho intramolecular Hbond substituents is 4. The number of pyridine rings is 2. The van der Waals surface area contributed by atoms with Crippen LogP contribution in [0.4, 0.5) is 0 Å². The maximum atomic E-state index is 10.2. The molecular weight excluding hydrogens is 600 g/mol. The van der Waals surface area contributed by atoms with Gasteiger partial charge in [0.25, 0.3) is 0 Å². The van der Waals surface area contributed by atoms with Gasteiger partial charge in [0.1, 0.15) is 23.0 Å². The lowest BCUT2D eigenvalue weighted by atomic mass is 9.95. The van der Waals surface area contributed by atoms with Gasteiger partial charge in [0.2, 0.25) is 0 Å². The van der Waals surface area contributed by atoms with Crippen LogP contribution in [-0.2, 0) is 0 Å². The number of hydrogen-bond acceptors (Lipinski definition) is 8. The van der Waals surface area contributed by atoms with Crippen molar-refractivity contribution in [1.29, 1.82) is 10.5 Å². The van der Waals surface area contributed by atoms with Crippen LogP contribution in [0.3, 0.4) is 0 Å². The lowest BCUT2D eigenvalue weighted by Crippen LogP contribution is -1.91. The van der Waals surface area contributed by atoms with E-state index in [1.807, 2.05) is 65.8 Å². The van der Waals surface area contributed by atoms with Gasteiger partial charge in [0.15, 0.2) is 0 Å². The first kappa shape index (κ1) is 34.7. The first-order valence-electron chi connectivity index (χ1n) is 15.7. The average Bonchev–Trinajstić information content (AvgIpc) is 3.07. The molecule has 0 aliphatic rings. The molecule has 0 spiro atoms. The SMILES string of the molecule is CC.CC(C)c1c(O)cc(-c2ccc3nccc(C#N)c3c2)cc1O.CC(C)c1c(O)cc(-c2cnc3ccc(C#N)cc3c2)cc1O. The number of aromatic hydroxyl groups is 4. The Hall–Kier alpha value is -6.12. The molecule has 0 saturated carbocycles. The van der Waals surface area contributed by atoms with Crippen molar-refractivity contribution in [3.8, 4) is 57.4 Å². The van der Waals surface area contributed by atoms with Gasteiger partial charge in [-0.05, 0) is 95.3 Å². The molecule has 4 N–H and O–H groups in total. The zero-order chi connectivity index (χ0) is 35.1. The molecule has 2 heterocycles. The highest BCUT2D eigenvalue weighted by atomic mass is 16.3. The number of hydrogen-bond donors (Lipinski definition) is 4. The van der Waals surface area contributed by atoms with Crippen molar-refractivity contribution >= 4 is 21.8 Å². The summed E-state index contributed by atoms with van der Waals surface area (Å²) in [4.78, 5) is 8.62. The van der Waals surface area contributed by atoms with E-state index in [0.717, 1.165) is 32.9 Å². The van der Waals surface area contributed by atoms with E-state index in [1.165, 1.54) is 0 Å². The minimum Gasteiger partial charge on any atom is -0.507 e. The van der Waals surface area contributed by atoms with Gasteiger partial charge in [0, 0.05) is 39.9 Å². The van der Waals surface area contributed by atoms with Gasteiger partial charge >= 0.3 is 0 Å². The molecule has 6 aromatic rings. The quantitative estimate of drug-likeness (QED) is 0.149. The van der Waals surface area contributed by atoms with E-state index in [1.54, 1.807) is 60.9 Å². The maximum absolute atomic E-state index is 10.2. The predicted molar refractivity (Wildman–Crippen MR) is 190 cm³/mol. The number of benzene rings is 4. The van der Waals surface area contributed by atoms with Crippen LogP contribution in [0.15, 0.2) is 85.2 Å². The van der Waals surface area contributed by atoms with E-state index in [2.05, 4.69) is 22.1 Å². The number of phenols is 4. The van der Waals surface area contributed by atoms with Crippen molar-refractivity contribution in [2.45, 2.75) is 53.4 Å². The second-order valence-electron chi connectivity index (χ2n) is 11.6. The predicted octanol–water partition coefficient (Wildman–Crippen LogP) is 9.64. The van der Waals surface area contributed by atoms with Gasteiger partial charge in [-0.25, -0.2) is 0 Å². The third kappa shape index (κ3) is 7.30. The fraction of sp³-hybridized carbons (Fsp3) is 0.200. The summed E-state index contributed by atoms with van der Waals surface area (Å²) in [7, 11) is 0. The van der Waals surface area contributed by atoms with Crippen LogP contribution in [0, 0.1) is 22.7 Å². The minimum atomic E-state index is 0.0232. The molecule has 0 fully saturated rings. The molecule has 0 aliphatic carbocycles. The molecule has 2 aromatic heterocycles. The van der Waals surface area contributed by atoms with Crippen molar-refractivity contribution in [2.75, 3.05) is 0 Å². The van der Waals surface area contributed by atoms with Crippen LogP contribution >= 0.6 is 0 Å². The van der Waals surface area contributed by atoms with Crippen LogP contribution in [0.5, 0.6) is 23.0 Å². The fourth-order valence-electron chi connectivity index (χ4n) is 5.54. The molecule has 0 radical (unpaired) electrons. The Labute approximate surface area is 280 Å². The van der Waals surface area contributed by atoms with Crippen molar-refractivity contribution in [1.82, 2.24) is 9.97 Å². The number of aromatic nitrogens is 2. The summed E-state index contributed by atoms with van der Waals surface area (Å²) >= 11 is 0. The maximum Gasteiger partial charge on any atom is 0.123 e. The molecule has 6 rings (SSSR count). The van der Waals surface area contributed by atoms with Gasteiger partial charge in [-0.15, -0.1) is 0 Å². The van der Waals surface area contributed by atoms with E-state index in [9.17, 15) is 25.7 Å². The molecule has 8 heteroatoms. The van der Waals surface area contributed by atoms with Crippen molar-refractivity contribution < 1.29 is 20.4 Å². The third-order valence-electron chi connectivity index (χ3n) is 7.77. The van der Waals surface area contributed by atoms with Crippen molar-refractivity contribution in [3.05, 3.63) is 107 Å². The van der Waals surface area contributed by atoms with Gasteiger partial charge in [-0.3, -0.25) is 9.97 Å². The monoisotopic (exact) mass is 638 g/mol. The highest BCUT2D eigenvalue weighted by Crippen LogP contribution is 2.40. The van der Waals surface area contributed by atoms with E-state index in [-0.39, 0.29) is 34.8 Å². The van der Waals surface area contributed by atoms with Crippen LogP contribution < -0.4 is 0 Å². The molecule has 242 valence electrons. The lowest BCUT2D eigenvalue weighted by molar-refractivity contribution is 0.432. The Morgan fingerprint density at radius 1 is 0.562 bits per heavy atom. The molecule has 4 aromatic carbocycles. The van der Waals surface area contributed by atoms with Crippen molar-refractivity contribution in [2.24, 2.45) is 0 Å². The Kier molecular flexibility index (Phi) is 10.8. The van der Waals surface area contributed by atoms with Crippen LogP contribution in [0.25, 0.3) is 44.1 Å². The molecule has 48 heavy (non-hydrogen) atoms. The van der Waals surface area contributed by atoms with Crippen molar-refractivity contribution in [3.63, 3.8) is 0 Å². The summed E-state index contributed by atoms with van der Waals surface area (Å²) in [5.74, 6) is 0.331. The summed E-state index contributed by atoms with van der Waals surface area (Å²) in [6.07, 6.45) is 3.30. The zero-order valence-corrected chi connectivity index (χ0v) is 27.8. The highest BCUT2D eigenvalue weighted by Gasteiger charge is 2.16. The molecule has 0 atom stereocenters. The molecule has 8 nitrogen and oxygen atoms in total. The Bertz CT molecular complexity index is 2150. The number of fused-ring (bicyclic) bond motifs is 2. The molecule has 0 amide bonds. The molecule has 0 bridgehead atoms. The average molecular weight is 639 g/mol. The first-order chi connectivity index (χ1) is 23.0. The highest BCUT2D eigenvalue weighted by molar-refractivity contribution is 5.89. The van der Waals surface area contributed by atoms with Gasteiger partial charge in [0.05, 0.1) is 34.3 Å². The second kappa shape index (κ2) is 15.0.